The Morgan fingerprint density at radius 3 is 3.31 bits per heavy atom. The fourth-order valence-electron chi connectivity index (χ4n) is 1.81. The van der Waals surface area contributed by atoms with Crippen molar-refractivity contribution in [2.75, 3.05) is 33.3 Å². The lowest BCUT2D eigenvalue weighted by Gasteiger charge is -2.32. The lowest BCUT2D eigenvalue weighted by atomic mass is 10.2. The molecule has 0 spiro atoms. The number of nitrogens with one attached hydrogen (secondary N) is 1. The third-order valence-corrected chi connectivity index (χ3v) is 3.45. The first-order valence-electron chi connectivity index (χ1n) is 5.40. The highest BCUT2D eigenvalue weighted by molar-refractivity contribution is 7.12. The van der Waals surface area contributed by atoms with E-state index in [-0.39, 0.29) is 12.0 Å². The lowest BCUT2D eigenvalue weighted by molar-refractivity contribution is -0.0194. The molecule has 1 N–H and O–H groups in total. The van der Waals surface area contributed by atoms with Crippen molar-refractivity contribution >= 4 is 17.2 Å². The Bertz CT molecular complexity index is 338. The number of hydrogen-bond acceptors (Lipinski definition) is 4. The van der Waals surface area contributed by atoms with Crippen molar-refractivity contribution in [2.45, 2.75) is 6.10 Å². The van der Waals surface area contributed by atoms with Gasteiger partial charge in [0.2, 0.25) is 0 Å². The molecule has 88 valence electrons. The minimum absolute atomic E-state index is 0.114. The third-order valence-electron chi connectivity index (χ3n) is 2.59. The van der Waals surface area contributed by atoms with Crippen LogP contribution < -0.4 is 5.32 Å². The molecule has 1 amide bonds. The van der Waals surface area contributed by atoms with Crippen molar-refractivity contribution in [1.29, 1.82) is 0 Å². The molecule has 1 unspecified atom stereocenters. The number of nitrogens with zero attached hydrogens (tertiary/aromatic N) is 1. The molecule has 1 aromatic heterocycles. The lowest BCUT2D eigenvalue weighted by Crippen LogP contribution is -2.48. The molecule has 1 atom stereocenters. The van der Waals surface area contributed by atoms with Crippen LogP contribution in [0.15, 0.2) is 17.5 Å². The van der Waals surface area contributed by atoms with Gasteiger partial charge in [0.25, 0.3) is 5.91 Å². The van der Waals surface area contributed by atoms with E-state index in [1.54, 1.807) is 0 Å². The summed E-state index contributed by atoms with van der Waals surface area (Å²) in [5.41, 5.74) is 0. The topological polar surface area (TPSA) is 41.6 Å². The van der Waals surface area contributed by atoms with E-state index in [9.17, 15) is 4.79 Å². The Kier molecular flexibility index (Phi) is 3.93. The molecule has 1 aromatic rings. The number of hydrogen-bond donors (Lipinski definition) is 1. The SMILES string of the molecule is CNCC1CN(C(=O)c2cccs2)CCO1. The highest BCUT2D eigenvalue weighted by Gasteiger charge is 2.24. The van der Waals surface area contributed by atoms with Gasteiger partial charge in [-0.1, -0.05) is 6.07 Å². The van der Waals surface area contributed by atoms with E-state index in [2.05, 4.69) is 5.32 Å². The molecule has 1 aliphatic rings. The van der Waals surface area contributed by atoms with Gasteiger partial charge in [-0.25, -0.2) is 0 Å². The zero-order valence-electron chi connectivity index (χ0n) is 9.31. The van der Waals surface area contributed by atoms with Gasteiger partial charge in [0, 0.05) is 19.6 Å². The molecule has 16 heavy (non-hydrogen) atoms. The van der Waals surface area contributed by atoms with Crippen LogP contribution in [0.1, 0.15) is 9.67 Å². The van der Waals surface area contributed by atoms with Crippen LogP contribution in [0, 0.1) is 0 Å². The van der Waals surface area contributed by atoms with Gasteiger partial charge in [-0.3, -0.25) is 4.79 Å². The van der Waals surface area contributed by atoms with Gasteiger partial charge < -0.3 is 15.0 Å². The molecule has 1 fully saturated rings. The second-order valence-corrected chi connectivity index (χ2v) is 4.73. The Morgan fingerprint density at radius 2 is 2.62 bits per heavy atom. The van der Waals surface area contributed by atoms with E-state index in [4.69, 9.17) is 4.74 Å². The number of morpholine rings is 1. The van der Waals surface area contributed by atoms with Gasteiger partial charge in [0.05, 0.1) is 17.6 Å². The minimum atomic E-state index is 0.114. The largest absolute Gasteiger partial charge is 0.373 e. The number of likely N-dealkylation sites (N-methyl/N-ethyl adjacent to an activating group) is 1. The summed E-state index contributed by atoms with van der Waals surface area (Å²) in [5, 5.41) is 5.00. The van der Waals surface area contributed by atoms with Crippen LogP contribution in [-0.4, -0.2) is 50.2 Å². The monoisotopic (exact) mass is 240 g/mol. The van der Waals surface area contributed by atoms with Crippen LogP contribution in [0.2, 0.25) is 0 Å². The third kappa shape index (κ3) is 2.61. The summed E-state index contributed by atoms with van der Waals surface area (Å²) in [4.78, 5) is 14.8. The molecule has 0 aliphatic carbocycles. The summed E-state index contributed by atoms with van der Waals surface area (Å²) in [7, 11) is 1.89. The normalized spacial score (nSPS) is 21.1. The van der Waals surface area contributed by atoms with Gasteiger partial charge in [-0.05, 0) is 18.5 Å². The van der Waals surface area contributed by atoms with Crippen molar-refractivity contribution in [3.05, 3.63) is 22.4 Å². The van der Waals surface area contributed by atoms with Gasteiger partial charge in [0.1, 0.15) is 0 Å². The molecule has 1 saturated heterocycles. The highest BCUT2D eigenvalue weighted by Crippen LogP contribution is 2.14. The Balaban J connectivity index is 1.96. The maximum Gasteiger partial charge on any atom is 0.264 e. The highest BCUT2D eigenvalue weighted by atomic mass is 32.1. The van der Waals surface area contributed by atoms with E-state index in [1.165, 1.54) is 11.3 Å². The van der Waals surface area contributed by atoms with Crippen LogP contribution in [0.5, 0.6) is 0 Å². The average molecular weight is 240 g/mol. The number of amides is 1. The standard InChI is InChI=1S/C11H16N2O2S/c1-12-7-9-8-13(4-5-15-9)11(14)10-3-2-6-16-10/h2-3,6,9,12H,4-5,7-8H2,1H3. The number of rotatable bonds is 3. The maximum atomic E-state index is 12.1. The fraction of sp³-hybridized carbons (Fsp3) is 0.545. The maximum absolute atomic E-state index is 12.1. The molecule has 0 saturated carbocycles. The van der Waals surface area contributed by atoms with Gasteiger partial charge in [0.15, 0.2) is 0 Å². The molecule has 0 radical (unpaired) electrons. The van der Waals surface area contributed by atoms with E-state index in [0.717, 1.165) is 11.4 Å². The predicted octanol–water partition coefficient (Wildman–Crippen LogP) is 0.808. The van der Waals surface area contributed by atoms with E-state index >= 15 is 0 Å². The zero-order valence-corrected chi connectivity index (χ0v) is 10.1. The van der Waals surface area contributed by atoms with Crippen molar-refractivity contribution < 1.29 is 9.53 Å². The summed E-state index contributed by atoms with van der Waals surface area (Å²) in [5.74, 6) is 0.124. The number of carbonyl (C=O) groups excluding carboxylic acids is 1. The van der Waals surface area contributed by atoms with Gasteiger partial charge in [-0.2, -0.15) is 0 Å². The summed E-state index contributed by atoms with van der Waals surface area (Å²) in [6, 6.07) is 3.78. The van der Waals surface area contributed by atoms with E-state index in [0.29, 0.717) is 19.7 Å². The second-order valence-electron chi connectivity index (χ2n) is 3.78. The molecule has 0 bridgehead atoms. The Labute approximate surface area is 99.2 Å². The summed E-state index contributed by atoms with van der Waals surface area (Å²) >= 11 is 1.49. The smallest absolute Gasteiger partial charge is 0.264 e. The fourth-order valence-corrected chi connectivity index (χ4v) is 2.50. The minimum Gasteiger partial charge on any atom is -0.373 e. The van der Waals surface area contributed by atoms with Crippen LogP contribution in [-0.2, 0) is 4.74 Å². The molecule has 0 aromatic carbocycles. The molecular formula is C11H16N2O2S. The molecule has 2 rings (SSSR count). The predicted molar refractivity (Wildman–Crippen MR) is 63.9 cm³/mol. The number of thiophene rings is 1. The zero-order chi connectivity index (χ0) is 11.4. The Hall–Kier alpha value is -0.910. The Morgan fingerprint density at radius 1 is 1.75 bits per heavy atom. The molecular weight excluding hydrogens is 224 g/mol. The molecule has 4 nitrogen and oxygen atoms in total. The van der Waals surface area contributed by atoms with Crippen molar-refractivity contribution in [3.63, 3.8) is 0 Å². The van der Waals surface area contributed by atoms with Gasteiger partial charge in [-0.15, -0.1) is 11.3 Å². The molecule has 5 heteroatoms. The molecule has 2 heterocycles. The first-order valence-corrected chi connectivity index (χ1v) is 6.28. The van der Waals surface area contributed by atoms with Gasteiger partial charge >= 0.3 is 0 Å². The van der Waals surface area contributed by atoms with Crippen LogP contribution in [0.4, 0.5) is 0 Å². The van der Waals surface area contributed by atoms with E-state index in [1.807, 2.05) is 29.5 Å². The summed E-state index contributed by atoms with van der Waals surface area (Å²) in [6.45, 7) is 2.78. The van der Waals surface area contributed by atoms with Crippen molar-refractivity contribution in [3.8, 4) is 0 Å². The molecule has 1 aliphatic heterocycles. The van der Waals surface area contributed by atoms with Crippen LogP contribution in [0.25, 0.3) is 0 Å². The first kappa shape index (κ1) is 11.6. The van der Waals surface area contributed by atoms with Crippen LogP contribution >= 0.6 is 11.3 Å². The first-order chi connectivity index (χ1) is 7.81. The van der Waals surface area contributed by atoms with Crippen LogP contribution in [0.3, 0.4) is 0 Å². The summed E-state index contributed by atoms with van der Waals surface area (Å²) in [6.07, 6.45) is 0.114. The summed E-state index contributed by atoms with van der Waals surface area (Å²) < 4.78 is 5.56. The van der Waals surface area contributed by atoms with E-state index < -0.39 is 0 Å². The van der Waals surface area contributed by atoms with Crippen molar-refractivity contribution in [2.24, 2.45) is 0 Å². The quantitative estimate of drug-likeness (QED) is 0.850. The average Bonchev–Trinajstić information content (AvgIpc) is 2.82. The number of carbonyl (C=O) groups is 1. The number of ether oxygens (including phenoxy) is 1. The second kappa shape index (κ2) is 5.43. The van der Waals surface area contributed by atoms with Crippen molar-refractivity contribution in [1.82, 2.24) is 10.2 Å².